The largest absolute Gasteiger partial charge is 0.448 e. The van der Waals surface area contributed by atoms with Crippen molar-refractivity contribution in [2.45, 2.75) is 12.5 Å². The molecule has 0 aliphatic carbocycles. The monoisotopic (exact) mass is 251 g/mol. The highest BCUT2D eigenvalue weighted by atomic mass is 16.5. The Morgan fingerprint density at radius 2 is 2.00 bits per heavy atom. The predicted octanol–water partition coefficient (Wildman–Crippen LogP) is 0.622. The maximum absolute atomic E-state index is 11.1. The Morgan fingerprint density at radius 3 is 2.56 bits per heavy atom. The first-order valence-electron chi connectivity index (χ1n) is 5.56. The molecule has 1 unspecified atom stereocenters. The fraction of sp³-hybridized carbons (Fsp3) is 0.333. The minimum atomic E-state index is -0.927. The lowest BCUT2D eigenvalue weighted by molar-refractivity contribution is 0.136. The lowest BCUT2D eigenvalue weighted by atomic mass is 10.1. The summed E-state index contributed by atoms with van der Waals surface area (Å²) in [7, 11) is 1.78. The average molecular weight is 251 g/mol. The average Bonchev–Trinajstić information content (AvgIpc) is 2.35. The van der Waals surface area contributed by atoms with Crippen LogP contribution in [0.4, 0.5) is 9.59 Å². The second-order valence-electron chi connectivity index (χ2n) is 3.76. The van der Waals surface area contributed by atoms with Gasteiger partial charge in [0.15, 0.2) is 0 Å². The van der Waals surface area contributed by atoms with Crippen molar-refractivity contribution in [2.75, 3.05) is 13.7 Å². The van der Waals surface area contributed by atoms with E-state index in [2.05, 4.69) is 5.32 Å². The Balaban J connectivity index is 2.38. The standard InChI is InChI=1S/C12H17N3O3/c1-14-10(7-9-5-3-2-4-6-9)8-18-12(17)15-11(13)16/h2-6,10,14H,7-8H2,1H3,(H3,13,15,16,17). The van der Waals surface area contributed by atoms with Crippen LogP contribution in [-0.2, 0) is 11.2 Å². The number of ether oxygens (including phenoxy) is 1. The van der Waals surface area contributed by atoms with Crippen molar-refractivity contribution in [3.8, 4) is 0 Å². The molecule has 1 aromatic rings. The number of benzene rings is 1. The zero-order valence-electron chi connectivity index (χ0n) is 10.2. The van der Waals surface area contributed by atoms with Crippen LogP contribution in [0.2, 0.25) is 0 Å². The number of carbonyl (C=O) groups is 2. The van der Waals surface area contributed by atoms with Gasteiger partial charge >= 0.3 is 12.1 Å². The molecule has 6 heteroatoms. The summed E-state index contributed by atoms with van der Waals surface area (Å²) in [5.41, 5.74) is 5.92. The van der Waals surface area contributed by atoms with E-state index in [1.54, 1.807) is 7.05 Å². The van der Waals surface area contributed by atoms with Gasteiger partial charge in [-0.3, -0.25) is 0 Å². The minimum absolute atomic E-state index is 0.0222. The molecule has 0 radical (unpaired) electrons. The number of nitrogens with one attached hydrogen (secondary N) is 2. The number of carbonyl (C=O) groups excluding carboxylic acids is 2. The van der Waals surface area contributed by atoms with Gasteiger partial charge < -0.3 is 15.8 Å². The zero-order valence-corrected chi connectivity index (χ0v) is 10.2. The number of urea groups is 1. The molecule has 0 heterocycles. The number of imide groups is 1. The molecule has 6 nitrogen and oxygen atoms in total. The van der Waals surface area contributed by atoms with Crippen LogP contribution in [0.15, 0.2) is 30.3 Å². The van der Waals surface area contributed by atoms with Gasteiger partial charge in [-0.15, -0.1) is 0 Å². The van der Waals surface area contributed by atoms with Gasteiger partial charge in [0.2, 0.25) is 0 Å². The Kier molecular flexibility index (Phi) is 5.66. The second-order valence-corrected chi connectivity index (χ2v) is 3.76. The summed E-state index contributed by atoms with van der Waals surface area (Å²) in [5.74, 6) is 0. The molecule has 0 aromatic heterocycles. The first kappa shape index (κ1) is 14.0. The molecule has 0 spiro atoms. The van der Waals surface area contributed by atoms with Crippen molar-refractivity contribution in [3.05, 3.63) is 35.9 Å². The molecule has 1 aromatic carbocycles. The highest BCUT2D eigenvalue weighted by molar-refractivity contribution is 5.89. The van der Waals surface area contributed by atoms with Crippen molar-refractivity contribution in [1.29, 1.82) is 0 Å². The van der Waals surface area contributed by atoms with E-state index in [0.717, 1.165) is 12.0 Å². The summed E-state index contributed by atoms with van der Waals surface area (Å²) < 4.78 is 4.86. The summed E-state index contributed by atoms with van der Waals surface area (Å²) >= 11 is 0. The summed E-state index contributed by atoms with van der Waals surface area (Å²) in [5, 5.41) is 4.87. The number of primary amides is 1. The molecule has 0 bridgehead atoms. The topological polar surface area (TPSA) is 93.4 Å². The number of alkyl carbamates (subject to hydrolysis) is 1. The molecule has 0 aliphatic rings. The van der Waals surface area contributed by atoms with E-state index in [1.165, 1.54) is 0 Å². The van der Waals surface area contributed by atoms with Gasteiger partial charge in [-0.1, -0.05) is 30.3 Å². The molecule has 4 N–H and O–H groups in total. The minimum Gasteiger partial charge on any atom is -0.448 e. The summed E-state index contributed by atoms with van der Waals surface area (Å²) in [4.78, 5) is 21.5. The highest BCUT2D eigenvalue weighted by Crippen LogP contribution is 2.03. The van der Waals surface area contributed by atoms with Gasteiger partial charge in [-0.25, -0.2) is 14.9 Å². The normalized spacial score (nSPS) is 11.6. The molecule has 0 aliphatic heterocycles. The quantitative estimate of drug-likeness (QED) is 0.715. The molecule has 1 rings (SSSR count). The van der Waals surface area contributed by atoms with Gasteiger partial charge in [0.05, 0.1) is 0 Å². The molecule has 18 heavy (non-hydrogen) atoms. The van der Waals surface area contributed by atoms with E-state index in [9.17, 15) is 9.59 Å². The van der Waals surface area contributed by atoms with Crippen LogP contribution in [0, 0.1) is 0 Å². The van der Waals surface area contributed by atoms with Crippen LogP contribution in [0.1, 0.15) is 5.56 Å². The van der Waals surface area contributed by atoms with Crippen molar-refractivity contribution in [2.24, 2.45) is 5.73 Å². The van der Waals surface area contributed by atoms with Crippen LogP contribution in [0.3, 0.4) is 0 Å². The van der Waals surface area contributed by atoms with E-state index in [-0.39, 0.29) is 12.6 Å². The molecule has 98 valence electrons. The fourth-order valence-electron chi connectivity index (χ4n) is 1.46. The summed E-state index contributed by atoms with van der Waals surface area (Å²) in [6.07, 6.45) is -0.114. The number of hydrogen-bond acceptors (Lipinski definition) is 4. The third-order valence-corrected chi connectivity index (χ3v) is 2.37. The first-order chi connectivity index (χ1) is 8.61. The Labute approximate surface area is 105 Å². The van der Waals surface area contributed by atoms with Gasteiger partial charge in [-0.2, -0.15) is 0 Å². The predicted molar refractivity (Wildman–Crippen MR) is 67.1 cm³/mol. The SMILES string of the molecule is CNC(COC(=O)NC(N)=O)Cc1ccccc1. The van der Waals surface area contributed by atoms with E-state index in [0.29, 0.717) is 0 Å². The van der Waals surface area contributed by atoms with E-state index >= 15 is 0 Å². The molecule has 1 atom stereocenters. The molecule has 0 fully saturated rings. The Hall–Kier alpha value is -2.08. The highest BCUT2D eigenvalue weighted by Gasteiger charge is 2.11. The van der Waals surface area contributed by atoms with E-state index < -0.39 is 12.1 Å². The molecule has 0 saturated heterocycles. The number of nitrogens with two attached hydrogens (primary N) is 1. The van der Waals surface area contributed by atoms with Crippen LogP contribution in [0.25, 0.3) is 0 Å². The van der Waals surface area contributed by atoms with Crippen LogP contribution in [-0.4, -0.2) is 31.8 Å². The Bertz CT molecular complexity index is 395. The van der Waals surface area contributed by atoms with Crippen molar-refractivity contribution >= 4 is 12.1 Å². The van der Waals surface area contributed by atoms with Gasteiger partial charge in [0.1, 0.15) is 6.61 Å². The zero-order chi connectivity index (χ0) is 13.4. The smallest absolute Gasteiger partial charge is 0.415 e. The lowest BCUT2D eigenvalue weighted by Gasteiger charge is -2.16. The summed E-state index contributed by atoms with van der Waals surface area (Å²) in [6.45, 7) is 0.157. The fourth-order valence-corrected chi connectivity index (χ4v) is 1.46. The molecule has 0 saturated carbocycles. The van der Waals surface area contributed by atoms with Gasteiger partial charge in [0, 0.05) is 6.04 Å². The molecule has 3 amide bonds. The van der Waals surface area contributed by atoms with E-state index in [1.807, 2.05) is 35.6 Å². The number of amides is 3. The van der Waals surface area contributed by atoms with Crippen molar-refractivity contribution in [1.82, 2.24) is 10.6 Å². The molecular formula is C12H17N3O3. The van der Waals surface area contributed by atoms with Crippen LogP contribution < -0.4 is 16.4 Å². The first-order valence-corrected chi connectivity index (χ1v) is 5.56. The Morgan fingerprint density at radius 1 is 1.33 bits per heavy atom. The van der Waals surface area contributed by atoms with Gasteiger partial charge in [0.25, 0.3) is 0 Å². The second kappa shape index (κ2) is 7.29. The van der Waals surface area contributed by atoms with Crippen LogP contribution in [0.5, 0.6) is 0 Å². The number of likely N-dealkylation sites (N-methyl/N-ethyl adjacent to an activating group) is 1. The number of hydrogen-bond donors (Lipinski definition) is 3. The lowest BCUT2D eigenvalue weighted by Crippen LogP contribution is -2.39. The molecular weight excluding hydrogens is 234 g/mol. The maximum atomic E-state index is 11.1. The van der Waals surface area contributed by atoms with Gasteiger partial charge in [-0.05, 0) is 19.0 Å². The van der Waals surface area contributed by atoms with E-state index in [4.69, 9.17) is 10.5 Å². The maximum Gasteiger partial charge on any atom is 0.415 e. The van der Waals surface area contributed by atoms with Crippen molar-refractivity contribution < 1.29 is 14.3 Å². The van der Waals surface area contributed by atoms with Crippen molar-refractivity contribution in [3.63, 3.8) is 0 Å². The third kappa shape index (κ3) is 5.31. The van der Waals surface area contributed by atoms with Crippen LogP contribution >= 0.6 is 0 Å². The summed E-state index contributed by atoms with van der Waals surface area (Å²) in [6, 6.07) is 8.87. The third-order valence-electron chi connectivity index (χ3n) is 2.37. The number of rotatable bonds is 5.